The van der Waals surface area contributed by atoms with Crippen LogP contribution in [0.4, 0.5) is 22.6 Å². The summed E-state index contributed by atoms with van der Waals surface area (Å²) in [7, 11) is 0. The third-order valence-electron chi connectivity index (χ3n) is 5.36. The van der Waals surface area contributed by atoms with Crippen LogP contribution in [-0.4, -0.2) is 18.5 Å². The van der Waals surface area contributed by atoms with Crippen molar-refractivity contribution in [3.8, 4) is 5.75 Å². The predicted octanol–water partition coefficient (Wildman–Crippen LogP) is 6.17. The maximum atomic E-state index is 13.8. The van der Waals surface area contributed by atoms with Gasteiger partial charge < -0.3 is 19.2 Å². The van der Waals surface area contributed by atoms with Gasteiger partial charge in [-0.3, -0.25) is 4.79 Å². The van der Waals surface area contributed by atoms with Crippen LogP contribution in [0.2, 0.25) is 0 Å². The predicted molar refractivity (Wildman–Crippen MR) is 119 cm³/mol. The second kappa shape index (κ2) is 10.5. The molecule has 6 nitrogen and oxygen atoms in total. The molecule has 0 saturated carbocycles. The highest BCUT2D eigenvalue weighted by Crippen LogP contribution is 2.39. The number of amides is 1. The molecule has 4 rings (SSSR count). The highest BCUT2D eigenvalue weighted by molar-refractivity contribution is 7.17. The van der Waals surface area contributed by atoms with Crippen molar-refractivity contribution >= 4 is 28.2 Å². The fourth-order valence-corrected chi connectivity index (χ4v) is 4.97. The quantitative estimate of drug-likeness (QED) is 0.222. The molecule has 35 heavy (non-hydrogen) atoms. The zero-order chi connectivity index (χ0) is 25.1. The lowest BCUT2D eigenvalue weighted by molar-refractivity contribution is 0.0505. The van der Waals surface area contributed by atoms with Crippen LogP contribution in [0.3, 0.4) is 0 Å². The Kier molecular flexibility index (Phi) is 7.44. The van der Waals surface area contributed by atoms with Crippen LogP contribution in [0.15, 0.2) is 22.6 Å². The number of anilines is 1. The first-order valence-electron chi connectivity index (χ1n) is 11.0. The number of carbonyl (C=O) groups excluding carboxylic acids is 2. The Labute approximate surface area is 201 Å². The molecule has 3 aromatic rings. The van der Waals surface area contributed by atoms with Gasteiger partial charge in [-0.05, 0) is 49.8 Å². The molecule has 11 heteroatoms. The average molecular weight is 511 g/mol. The van der Waals surface area contributed by atoms with E-state index in [2.05, 4.69) is 5.32 Å². The third kappa shape index (κ3) is 5.19. The molecule has 1 N–H and O–H groups in total. The minimum Gasteiger partial charge on any atom is -0.479 e. The molecule has 1 aliphatic carbocycles. The van der Waals surface area contributed by atoms with Gasteiger partial charge in [-0.1, -0.05) is 6.92 Å². The summed E-state index contributed by atoms with van der Waals surface area (Å²) in [5, 5.41) is 3.04. The summed E-state index contributed by atoms with van der Waals surface area (Å²) in [5.74, 6) is -9.15. The van der Waals surface area contributed by atoms with Gasteiger partial charge in [0.05, 0.1) is 12.2 Å². The molecule has 2 aromatic heterocycles. The first-order chi connectivity index (χ1) is 16.8. The molecule has 0 saturated heterocycles. The summed E-state index contributed by atoms with van der Waals surface area (Å²) in [6.45, 7) is 1.55. The van der Waals surface area contributed by atoms with Crippen molar-refractivity contribution < 1.29 is 41.0 Å². The van der Waals surface area contributed by atoms with Crippen molar-refractivity contribution in [2.75, 3.05) is 11.9 Å². The topological polar surface area (TPSA) is 77.8 Å². The summed E-state index contributed by atoms with van der Waals surface area (Å²) in [5.41, 5.74) is 1.23. The van der Waals surface area contributed by atoms with Crippen LogP contribution in [-0.2, 0) is 24.2 Å². The molecule has 186 valence electrons. The lowest BCUT2D eigenvalue weighted by Crippen LogP contribution is -2.15. The van der Waals surface area contributed by atoms with Crippen LogP contribution < -0.4 is 10.1 Å². The smallest absolute Gasteiger partial charge is 0.341 e. The maximum absolute atomic E-state index is 13.8. The van der Waals surface area contributed by atoms with Crippen LogP contribution in [0.5, 0.6) is 5.75 Å². The first kappa shape index (κ1) is 24.8. The van der Waals surface area contributed by atoms with Gasteiger partial charge in [0.15, 0.2) is 23.1 Å². The molecule has 0 atom stereocenters. The summed E-state index contributed by atoms with van der Waals surface area (Å²) in [4.78, 5) is 26.5. The van der Waals surface area contributed by atoms with Crippen LogP contribution >= 0.6 is 11.3 Å². The first-order valence-corrected chi connectivity index (χ1v) is 11.8. The Hall–Kier alpha value is -3.34. The van der Waals surface area contributed by atoms with Crippen LogP contribution in [0.1, 0.15) is 63.3 Å². The van der Waals surface area contributed by atoms with Crippen molar-refractivity contribution in [1.82, 2.24) is 0 Å². The fraction of sp³-hybridized carbons (Fsp3) is 0.333. The number of fused-ring (bicyclic) bond motifs is 1. The maximum Gasteiger partial charge on any atom is 0.341 e. The van der Waals surface area contributed by atoms with Gasteiger partial charge in [-0.25, -0.2) is 13.6 Å². The Bertz CT molecular complexity index is 1240. The van der Waals surface area contributed by atoms with Crippen molar-refractivity contribution in [3.05, 3.63) is 69.0 Å². The summed E-state index contributed by atoms with van der Waals surface area (Å²) in [6.07, 6.45) is 4.10. The number of hydrogen-bond acceptors (Lipinski definition) is 6. The number of hydrogen-bond donors (Lipinski definition) is 1. The summed E-state index contributed by atoms with van der Waals surface area (Å²) < 4.78 is 69.7. The fourth-order valence-electron chi connectivity index (χ4n) is 3.70. The molecule has 0 fully saturated rings. The van der Waals surface area contributed by atoms with Crippen molar-refractivity contribution in [3.63, 3.8) is 0 Å². The summed E-state index contributed by atoms with van der Waals surface area (Å²) in [6, 6.07) is 2.69. The second-order valence-electron chi connectivity index (χ2n) is 7.86. The van der Waals surface area contributed by atoms with Crippen LogP contribution in [0.25, 0.3) is 0 Å². The number of carbonyl (C=O) groups is 2. The lowest BCUT2D eigenvalue weighted by atomic mass is 9.95. The molecular formula is C24H21F4NO5S. The number of aryl methyl sites for hydroxylation is 1. The highest BCUT2D eigenvalue weighted by Gasteiger charge is 2.28. The number of ether oxygens (including phenoxy) is 2. The van der Waals surface area contributed by atoms with E-state index in [4.69, 9.17) is 13.9 Å². The Morgan fingerprint density at radius 1 is 1.09 bits per heavy atom. The number of rotatable bonds is 8. The van der Waals surface area contributed by atoms with Gasteiger partial charge in [0.25, 0.3) is 5.91 Å². The highest BCUT2D eigenvalue weighted by atomic mass is 32.1. The van der Waals surface area contributed by atoms with Gasteiger partial charge in [0.2, 0.25) is 11.6 Å². The van der Waals surface area contributed by atoms with Crippen molar-refractivity contribution in [2.24, 2.45) is 0 Å². The SMILES string of the molecule is CCCOC(=O)c1c(NC(=O)c2ccc(COc3c(F)c(F)cc(F)c3F)o2)sc2c1CCCC2. The molecule has 1 amide bonds. The lowest BCUT2D eigenvalue weighted by Gasteiger charge is -2.12. The molecule has 0 bridgehead atoms. The Morgan fingerprint density at radius 3 is 2.51 bits per heavy atom. The Balaban J connectivity index is 1.49. The van der Waals surface area contributed by atoms with E-state index in [1.54, 1.807) is 0 Å². The normalized spacial score (nSPS) is 12.8. The van der Waals surface area contributed by atoms with Gasteiger partial charge in [0, 0.05) is 10.9 Å². The van der Waals surface area contributed by atoms with Gasteiger partial charge in [-0.2, -0.15) is 8.78 Å². The third-order valence-corrected chi connectivity index (χ3v) is 6.56. The van der Waals surface area contributed by atoms with Crippen LogP contribution in [0, 0.1) is 23.3 Å². The minimum atomic E-state index is -1.68. The molecule has 0 unspecified atom stereocenters. The number of esters is 1. The molecule has 0 spiro atoms. The number of furan rings is 1. The standard InChI is InChI=1S/C24H21F4NO5S/c1-2-9-32-24(31)18-13-5-3-4-6-17(13)35-23(18)29-22(30)16-8-7-12(34-16)11-33-21-19(27)14(25)10-15(26)20(21)28/h7-8,10H,2-6,9,11H2,1H3,(H,29,30). The zero-order valence-corrected chi connectivity index (χ0v) is 19.5. The molecule has 0 aliphatic heterocycles. The van der Waals surface area contributed by atoms with Gasteiger partial charge in [-0.15, -0.1) is 11.3 Å². The minimum absolute atomic E-state index is 0.0216. The van der Waals surface area contributed by atoms with E-state index in [9.17, 15) is 27.2 Å². The molecule has 1 aromatic carbocycles. The number of halogens is 4. The molecule has 2 heterocycles. The van der Waals surface area contributed by atoms with E-state index < -0.39 is 47.5 Å². The number of benzene rings is 1. The zero-order valence-electron chi connectivity index (χ0n) is 18.6. The Morgan fingerprint density at radius 2 is 1.80 bits per heavy atom. The molecule has 0 radical (unpaired) electrons. The van der Waals surface area contributed by atoms with E-state index in [-0.39, 0.29) is 24.2 Å². The van der Waals surface area contributed by atoms with Gasteiger partial charge >= 0.3 is 5.97 Å². The molecular weight excluding hydrogens is 490 g/mol. The number of thiophene rings is 1. The van der Waals surface area contributed by atoms with E-state index >= 15 is 0 Å². The number of nitrogens with one attached hydrogen (secondary N) is 1. The van der Waals surface area contributed by atoms with E-state index in [1.807, 2.05) is 6.92 Å². The monoisotopic (exact) mass is 511 g/mol. The summed E-state index contributed by atoms with van der Waals surface area (Å²) >= 11 is 1.31. The van der Waals surface area contributed by atoms with E-state index in [0.29, 0.717) is 23.4 Å². The van der Waals surface area contributed by atoms with E-state index in [1.165, 1.54) is 23.5 Å². The van der Waals surface area contributed by atoms with Crippen molar-refractivity contribution in [2.45, 2.75) is 45.6 Å². The molecule has 1 aliphatic rings. The van der Waals surface area contributed by atoms with Gasteiger partial charge in [0.1, 0.15) is 17.4 Å². The van der Waals surface area contributed by atoms with Crippen molar-refractivity contribution in [1.29, 1.82) is 0 Å². The largest absolute Gasteiger partial charge is 0.479 e. The second-order valence-corrected chi connectivity index (χ2v) is 8.96. The average Bonchev–Trinajstić information content (AvgIpc) is 3.46. The van der Waals surface area contributed by atoms with E-state index in [0.717, 1.165) is 29.7 Å².